The number of methoxy groups -OCH3 is 1. The molecule has 1 aliphatic carbocycles. The minimum atomic E-state index is -0.845. The number of ether oxygens (including phenoxy) is 2. The summed E-state index contributed by atoms with van der Waals surface area (Å²) in [5.41, 5.74) is -0.845. The molecule has 1 aromatic carbocycles. The Morgan fingerprint density at radius 3 is 2.42 bits per heavy atom. The Hall–Kier alpha value is -1.69. The Morgan fingerprint density at radius 1 is 1.25 bits per heavy atom. The number of hydrogen-bond acceptors (Lipinski definition) is 5. The molecule has 1 fully saturated rings. The molecule has 1 N–H and O–H groups in total. The van der Waals surface area contributed by atoms with Gasteiger partial charge >= 0.3 is 5.97 Å². The lowest BCUT2D eigenvalue weighted by Gasteiger charge is -2.29. The number of carbonyl (C=O) groups is 2. The molecule has 0 saturated heterocycles. The first kappa shape index (κ1) is 18.6. The standard InChI is InChI=1S/C18H25NO4S/c1-4-23-17(21)18(11-5-6-12-18)19-16(20)13(2)24-15-9-7-14(22-3)8-10-15/h7-10,13H,4-6,11-12H2,1-3H3,(H,19,20). The third kappa shape index (κ3) is 4.44. The van der Waals surface area contributed by atoms with E-state index in [1.165, 1.54) is 11.8 Å². The molecular formula is C18H25NO4S. The maximum absolute atomic E-state index is 12.6. The van der Waals surface area contributed by atoms with Crippen molar-refractivity contribution in [2.24, 2.45) is 0 Å². The minimum Gasteiger partial charge on any atom is -0.497 e. The lowest BCUT2D eigenvalue weighted by molar-refractivity contribution is -0.153. The van der Waals surface area contributed by atoms with Crippen molar-refractivity contribution >= 4 is 23.6 Å². The topological polar surface area (TPSA) is 64.6 Å². The summed E-state index contributed by atoms with van der Waals surface area (Å²) < 4.78 is 10.3. The van der Waals surface area contributed by atoms with E-state index in [2.05, 4.69) is 5.32 Å². The SMILES string of the molecule is CCOC(=O)C1(NC(=O)C(C)Sc2ccc(OC)cc2)CCCC1. The van der Waals surface area contributed by atoms with Crippen LogP contribution in [0.25, 0.3) is 0 Å². The maximum atomic E-state index is 12.6. The molecule has 1 aromatic rings. The zero-order valence-corrected chi connectivity index (χ0v) is 15.3. The minimum absolute atomic E-state index is 0.134. The monoisotopic (exact) mass is 351 g/mol. The summed E-state index contributed by atoms with van der Waals surface area (Å²) in [4.78, 5) is 25.9. The van der Waals surface area contributed by atoms with Crippen LogP contribution in [0.15, 0.2) is 29.2 Å². The van der Waals surface area contributed by atoms with Crippen LogP contribution in [0.5, 0.6) is 5.75 Å². The number of rotatable bonds is 7. The van der Waals surface area contributed by atoms with Crippen LogP contribution in [0, 0.1) is 0 Å². The first-order chi connectivity index (χ1) is 11.5. The smallest absolute Gasteiger partial charge is 0.331 e. The van der Waals surface area contributed by atoms with Gasteiger partial charge in [0.05, 0.1) is 19.0 Å². The third-order valence-corrected chi connectivity index (χ3v) is 5.34. The lowest BCUT2D eigenvalue weighted by Crippen LogP contribution is -2.55. The van der Waals surface area contributed by atoms with Gasteiger partial charge < -0.3 is 14.8 Å². The zero-order valence-electron chi connectivity index (χ0n) is 14.5. The van der Waals surface area contributed by atoms with Crippen molar-refractivity contribution in [2.75, 3.05) is 13.7 Å². The Morgan fingerprint density at radius 2 is 1.88 bits per heavy atom. The Kier molecular flexibility index (Phi) is 6.54. The van der Waals surface area contributed by atoms with E-state index in [-0.39, 0.29) is 17.1 Å². The fourth-order valence-corrected chi connectivity index (χ4v) is 3.74. The van der Waals surface area contributed by atoms with Crippen LogP contribution in [0.1, 0.15) is 39.5 Å². The van der Waals surface area contributed by atoms with E-state index in [1.807, 2.05) is 31.2 Å². The molecule has 5 nitrogen and oxygen atoms in total. The number of hydrogen-bond donors (Lipinski definition) is 1. The molecule has 0 heterocycles. The van der Waals surface area contributed by atoms with Gasteiger partial charge in [-0.3, -0.25) is 4.79 Å². The fourth-order valence-electron chi connectivity index (χ4n) is 2.88. The van der Waals surface area contributed by atoms with Crippen LogP contribution < -0.4 is 10.1 Å². The van der Waals surface area contributed by atoms with Crippen molar-refractivity contribution in [1.29, 1.82) is 0 Å². The summed E-state index contributed by atoms with van der Waals surface area (Å²) in [5.74, 6) is 0.340. The highest BCUT2D eigenvalue weighted by atomic mass is 32.2. The lowest BCUT2D eigenvalue weighted by atomic mass is 9.97. The van der Waals surface area contributed by atoms with E-state index in [4.69, 9.17) is 9.47 Å². The van der Waals surface area contributed by atoms with Gasteiger partial charge in [0.15, 0.2) is 0 Å². The number of esters is 1. The fraction of sp³-hybridized carbons (Fsp3) is 0.556. The molecule has 0 radical (unpaired) electrons. The van der Waals surface area contributed by atoms with Crippen LogP contribution in [-0.2, 0) is 14.3 Å². The Labute approximate surface area is 147 Å². The van der Waals surface area contributed by atoms with E-state index < -0.39 is 5.54 Å². The van der Waals surface area contributed by atoms with E-state index in [0.29, 0.717) is 19.4 Å². The van der Waals surface area contributed by atoms with Gasteiger partial charge in [-0.2, -0.15) is 0 Å². The average molecular weight is 351 g/mol. The van der Waals surface area contributed by atoms with Gasteiger partial charge in [0.25, 0.3) is 0 Å². The molecule has 1 atom stereocenters. The highest BCUT2D eigenvalue weighted by Gasteiger charge is 2.44. The first-order valence-electron chi connectivity index (χ1n) is 8.30. The van der Waals surface area contributed by atoms with Crippen LogP contribution in [0.2, 0.25) is 0 Å². The summed E-state index contributed by atoms with van der Waals surface area (Å²) in [6.45, 7) is 3.95. The van der Waals surface area contributed by atoms with Gasteiger partial charge in [0.1, 0.15) is 11.3 Å². The third-order valence-electron chi connectivity index (χ3n) is 4.23. The van der Waals surface area contributed by atoms with Gasteiger partial charge in [0, 0.05) is 4.90 Å². The summed E-state index contributed by atoms with van der Waals surface area (Å²) in [5, 5.41) is 2.66. The number of benzene rings is 1. The highest BCUT2D eigenvalue weighted by molar-refractivity contribution is 8.00. The molecule has 1 saturated carbocycles. The van der Waals surface area contributed by atoms with Crippen molar-refractivity contribution in [2.45, 2.75) is 55.2 Å². The molecule has 0 aliphatic heterocycles. The molecular weight excluding hydrogens is 326 g/mol. The molecule has 1 unspecified atom stereocenters. The van der Waals surface area contributed by atoms with Gasteiger partial charge in [-0.1, -0.05) is 12.8 Å². The van der Waals surface area contributed by atoms with Crippen molar-refractivity contribution in [3.63, 3.8) is 0 Å². The molecule has 0 aromatic heterocycles. The van der Waals surface area contributed by atoms with Crippen molar-refractivity contribution in [3.05, 3.63) is 24.3 Å². The second-order valence-electron chi connectivity index (χ2n) is 5.93. The Bertz CT molecular complexity index is 567. The van der Waals surface area contributed by atoms with E-state index >= 15 is 0 Å². The molecule has 0 spiro atoms. The van der Waals surface area contributed by atoms with E-state index in [1.54, 1.807) is 14.0 Å². The number of amides is 1. The molecule has 1 amide bonds. The average Bonchev–Trinajstić information content (AvgIpc) is 3.05. The van der Waals surface area contributed by atoms with E-state index in [9.17, 15) is 9.59 Å². The van der Waals surface area contributed by atoms with Crippen LogP contribution >= 0.6 is 11.8 Å². The normalized spacial score (nSPS) is 17.1. The van der Waals surface area contributed by atoms with Gasteiger partial charge in [-0.25, -0.2) is 4.79 Å². The highest BCUT2D eigenvalue weighted by Crippen LogP contribution is 2.32. The first-order valence-corrected chi connectivity index (χ1v) is 9.18. The summed E-state index contributed by atoms with van der Waals surface area (Å²) in [6.07, 6.45) is 3.16. The maximum Gasteiger partial charge on any atom is 0.331 e. The van der Waals surface area contributed by atoms with Crippen molar-refractivity contribution in [3.8, 4) is 5.75 Å². The van der Waals surface area contributed by atoms with E-state index in [0.717, 1.165) is 23.5 Å². The quantitative estimate of drug-likeness (QED) is 0.604. The van der Waals surface area contributed by atoms with Crippen LogP contribution in [0.4, 0.5) is 0 Å². The predicted molar refractivity (Wildman–Crippen MR) is 94.3 cm³/mol. The Balaban J connectivity index is 1.99. The summed E-state index contributed by atoms with van der Waals surface area (Å²) in [6, 6.07) is 7.57. The van der Waals surface area contributed by atoms with Crippen LogP contribution in [-0.4, -0.2) is 36.4 Å². The van der Waals surface area contributed by atoms with Crippen molar-refractivity contribution in [1.82, 2.24) is 5.32 Å². The molecule has 1 aliphatic rings. The van der Waals surface area contributed by atoms with Gasteiger partial charge in [-0.15, -0.1) is 11.8 Å². The van der Waals surface area contributed by atoms with Gasteiger partial charge in [0.2, 0.25) is 5.91 Å². The second kappa shape index (κ2) is 8.42. The summed E-state index contributed by atoms with van der Waals surface area (Å²) >= 11 is 1.46. The number of nitrogens with one attached hydrogen (secondary N) is 1. The van der Waals surface area contributed by atoms with Crippen LogP contribution in [0.3, 0.4) is 0 Å². The number of thioether (sulfide) groups is 1. The van der Waals surface area contributed by atoms with Gasteiger partial charge in [-0.05, 0) is 51.0 Å². The molecule has 6 heteroatoms. The molecule has 2 rings (SSSR count). The second-order valence-corrected chi connectivity index (χ2v) is 7.35. The number of carbonyl (C=O) groups excluding carboxylic acids is 2. The molecule has 0 bridgehead atoms. The largest absolute Gasteiger partial charge is 0.497 e. The summed E-state index contributed by atoms with van der Waals surface area (Å²) in [7, 11) is 1.62. The predicted octanol–water partition coefficient (Wildman–Crippen LogP) is 3.17. The van der Waals surface area contributed by atoms with Crippen molar-refractivity contribution < 1.29 is 19.1 Å². The molecule has 24 heavy (non-hydrogen) atoms. The zero-order chi connectivity index (χ0) is 17.6. The molecule has 132 valence electrons.